The highest BCUT2D eigenvalue weighted by atomic mass is 16.7. The quantitative estimate of drug-likeness (QED) is 0.881. The van der Waals surface area contributed by atoms with E-state index in [1.54, 1.807) is 32.4 Å². The summed E-state index contributed by atoms with van der Waals surface area (Å²) in [6.07, 6.45) is 0.213. The molecule has 0 bridgehead atoms. The van der Waals surface area contributed by atoms with E-state index < -0.39 is 0 Å². The smallest absolute Gasteiger partial charge is 0.231 e. The average molecular weight is 329 g/mol. The minimum absolute atomic E-state index is 0.0979. The van der Waals surface area contributed by atoms with Crippen LogP contribution in [0.15, 0.2) is 36.4 Å². The van der Waals surface area contributed by atoms with Crippen LogP contribution in [0, 0.1) is 0 Å². The molecule has 1 heterocycles. The van der Waals surface area contributed by atoms with Gasteiger partial charge < -0.3 is 24.3 Å². The van der Waals surface area contributed by atoms with Crippen molar-refractivity contribution < 1.29 is 23.7 Å². The van der Waals surface area contributed by atoms with E-state index in [1.807, 2.05) is 18.2 Å². The Morgan fingerprint density at radius 3 is 2.71 bits per heavy atom. The molecule has 1 aliphatic heterocycles. The zero-order valence-electron chi connectivity index (χ0n) is 13.6. The maximum Gasteiger partial charge on any atom is 0.231 e. The number of rotatable bonds is 6. The van der Waals surface area contributed by atoms with Crippen molar-refractivity contribution in [2.24, 2.45) is 0 Å². The van der Waals surface area contributed by atoms with Gasteiger partial charge in [0.05, 0.1) is 20.6 Å². The van der Waals surface area contributed by atoms with Crippen LogP contribution in [0.3, 0.4) is 0 Å². The van der Waals surface area contributed by atoms with Gasteiger partial charge in [-0.15, -0.1) is 0 Å². The van der Waals surface area contributed by atoms with Crippen molar-refractivity contribution in [1.29, 1.82) is 0 Å². The van der Waals surface area contributed by atoms with Gasteiger partial charge in [0.2, 0.25) is 12.7 Å². The van der Waals surface area contributed by atoms with Gasteiger partial charge in [-0.1, -0.05) is 6.07 Å². The summed E-state index contributed by atoms with van der Waals surface area (Å²) in [6, 6.07) is 11.0. The first-order chi connectivity index (χ1) is 11.7. The van der Waals surface area contributed by atoms with Crippen molar-refractivity contribution in [2.75, 3.05) is 21.0 Å². The monoisotopic (exact) mass is 329 g/mol. The second-order valence-electron chi connectivity index (χ2n) is 5.32. The van der Waals surface area contributed by atoms with Gasteiger partial charge >= 0.3 is 0 Å². The maximum absolute atomic E-state index is 12.2. The summed E-state index contributed by atoms with van der Waals surface area (Å²) in [5, 5.41) is 2.90. The molecule has 0 fully saturated rings. The molecular weight excluding hydrogens is 310 g/mol. The number of fused-ring (bicyclic) bond motifs is 1. The molecule has 3 rings (SSSR count). The highest BCUT2D eigenvalue weighted by Crippen LogP contribution is 2.32. The number of hydrogen-bond donors (Lipinski definition) is 1. The topological polar surface area (TPSA) is 66.0 Å². The van der Waals surface area contributed by atoms with Crippen LogP contribution in [-0.2, 0) is 17.8 Å². The van der Waals surface area contributed by atoms with Gasteiger partial charge in [-0.2, -0.15) is 0 Å². The zero-order chi connectivity index (χ0) is 16.9. The van der Waals surface area contributed by atoms with E-state index in [9.17, 15) is 4.79 Å². The number of carbonyl (C=O) groups excluding carboxylic acids is 1. The summed E-state index contributed by atoms with van der Waals surface area (Å²) in [4.78, 5) is 12.2. The van der Waals surface area contributed by atoms with E-state index in [-0.39, 0.29) is 19.1 Å². The van der Waals surface area contributed by atoms with Crippen LogP contribution in [-0.4, -0.2) is 26.9 Å². The van der Waals surface area contributed by atoms with Crippen molar-refractivity contribution in [3.8, 4) is 23.0 Å². The number of nitrogens with one attached hydrogen (secondary N) is 1. The first-order valence-corrected chi connectivity index (χ1v) is 7.55. The molecule has 0 aliphatic carbocycles. The van der Waals surface area contributed by atoms with Crippen molar-refractivity contribution in [1.82, 2.24) is 5.32 Å². The third-order valence-electron chi connectivity index (χ3n) is 3.77. The lowest BCUT2D eigenvalue weighted by atomic mass is 10.1. The number of hydrogen-bond acceptors (Lipinski definition) is 5. The Hall–Kier alpha value is -2.89. The Morgan fingerprint density at radius 1 is 1.08 bits per heavy atom. The first kappa shape index (κ1) is 16.0. The Balaban J connectivity index is 1.61. The van der Waals surface area contributed by atoms with Crippen molar-refractivity contribution >= 4 is 5.91 Å². The Labute approximate surface area is 140 Å². The molecule has 0 saturated heterocycles. The lowest BCUT2D eigenvalue weighted by Crippen LogP contribution is -2.24. The van der Waals surface area contributed by atoms with Crippen molar-refractivity contribution in [2.45, 2.75) is 13.0 Å². The fourth-order valence-electron chi connectivity index (χ4n) is 2.51. The first-order valence-electron chi connectivity index (χ1n) is 7.55. The van der Waals surface area contributed by atoms with E-state index in [2.05, 4.69) is 5.32 Å². The molecule has 0 spiro atoms. The number of methoxy groups -OCH3 is 2. The van der Waals surface area contributed by atoms with Gasteiger partial charge in [-0.3, -0.25) is 4.79 Å². The van der Waals surface area contributed by atoms with Gasteiger partial charge in [0, 0.05) is 12.1 Å². The summed E-state index contributed by atoms with van der Waals surface area (Å²) in [5.74, 6) is 2.69. The molecule has 2 aromatic carbocycles. The molecule has 0 radical (unpaired) electrons. The minimum atomic E-state index is -0.0979. The Bertz CT molecular complexity index is 744. The molecule has 0 saturated carbocycles. The minimum Gasteiger partial charge on any atom is -0.497 e. The van der Waals surface area contributed by atoms with E-state index in [1.165, 1.54) is 0 Å². The summed E-state index contributed by atoms with van der Waals surface area (Å²) >= 11 is 0. The summed E-state index contributed by atoms with van der Waals surface area (Å²) < 4.78 is 21.1. The number of benzene rings is 2. The molecule has 1 N–H and O–H groups in total. The number of carbonyl (C=O) groups is 1. The molecule has 0 unspecified atom stereocenters. The molecule has 24 heavy (non-hydrogen) atoms. The molecule has 0 aromatic heterocycles. The SMILES string of the molecule is COc1ccc(OC)c(CC(=O)NCc2ccc3c(c2)OCO3)c1. The van der Waals surface area contributed by atoms with Crippen molar-refractivity contribution in [3.05, 3.63) is 47.5 Å². The van der Waals surface area contributed by atoms with Gasteiger partial charge in [-0.05, 0) is 35.9 Å². The second-order valence-corrected chi connectivity index (χ2v) is 5.32. The summed E-state index contributed by atoms with van der Waals surface area (Å²) in [6.45, 7) is 0.655. The molecule has 126 valence electrons. The normalized spacial score (nSPS) is 11.9. The number of amides is 1. The van der Waals surface area contributed by atoms with Gasteiger partial charge in [0.15, 0.2) is 11.5 Å². The Kier molecular flexibility index (Phi) is 4.74. The van der Waals surface area contributed by atoms with Crippen LogP contribution in [0.25, 0.3) is 0 Å². The van der Waals surface area contributed by atoms with Crippen LogP contribution in [0.1, 0.15) is 11.1 Å². The fraction of sp³-hybridized carbons (Fsp3) is 0.278. The van der Waals surface area contributed by atoms with Crippen LogP contribution < -0.4 is 24.3 Å². The third kappa shape index (κ3) is 3.53. The zero-order valence-corrected chi connectivity index (χ0v) is 13.6. The fourth-order valence-corrected chi connectivity index (χ4v) is 2.51. The predicted octanol–water partition coefficient (Wildman–Crippen LogP) is 2.29. The second kappa shape index (κ2) is 7.12. The largest absolute Gasteiger partial charge is 0.497 e. The van der Waals surface area contributed by atoms with Gasteiger partial charge in [0.25, 0.3) is 0 Å². The highest BCUT2D eigenvalue weighted by Gasteiger charge is 2.14. The average Bonchev–Trinajstić information content (AvgIpc) is 3.07. The van der Waals surface area contributed by atoms with E-state index in [0.717, 1.165) is 16.9 Å². The van der Waals surface area contributed by atoms with Crippen LogP contribution in [0.2, 0.25) is 0 Å². The standard InChI is InChI=1S/C18H19NO5/c1-21-14-4-6-15(22-2)13(8-14)9-18(20)19-10-12-3-5-16-17(7-12)24-11-23-16/h3-8H,9-11H2,1-2H3,(H,19,20). The lowest BCUT2D eigenvalue weighted by molar-refractivity contribution is -0.120. The van der Waals surface area contributed by atoms with Crippen molar-refractivity contribution in [3.63, 3.8) is 0 Å². The number of ether oxygens (including phenoxy) is 4. The third-order valence-corrected chi connectivity index (χ3v) is 3.77. The Morgan fingerprint density at radius 2 is 1.92 bits per heavy atom. The molecule has 1 aliphatic rings. The van der Waals surface area contributed by atoms with E-state index >= 15 is 0 Å². The summed E-state index contributed by atoms with van der Waals surface area (Å²) in [7, 11) is 3.17. The molecule has 6 nitrogen and oxygen atoms in total. The molecule has 0 atom stereocenters. The predicted molar refractivity (Wildman–Crippen MR) is 87.7 cm³/mol. The summed E-state index contributed by atoms with van der Waals surface area (Å²) in [5.41, 5.74) is 1.73. The van der Waals surface area contributed by atoms with E-state index in [0.29, 0.717) is 23.8 Å². The molecule has 1 amide bonds. The lowest BCUT2D eigenvalue weighted by Gasteiger charge is -2.11. The highest BCUT2D eigenvalue weighted by molar-refractivity contribution is 5.79. The van der Waals surface area contributed by atoms with Crippen LogP contribution in [0.4, 0.5) is 0 Å². The van der Waals surface area contributed by atoms with Gasteiger partial charge in [0.1, 0.15) is 11.5 Å². The maximum atomic E-state index is 12.2. The molecule has 6 heteroatoms. The molecule has 2 aromatic rings. The van der Waals surface area contributed by atoms with Gasteiger partial charge in [-0.25, -0.2) is 0 Å². The van der Waals surface area contributed by atoms with E-state index in [4.69, 9.17) is 18.9 Å². The van der Waals surface area contributed by atoms with Crippen LogP contribution in [0.5, 0.6) is 23.0 Å². The van der Waals surface area contributed by atoms with Crippen LogP contribution >= 0.6 is 0 Å². The molecular formula is C18H19NO5.